The Hall–Kier alpha value is -1.88. The van der Waals surface area contributed by atoms with Gasteiger partial charge in [0.05, 0.1) is 17.4 Å². The van der Waals surface area contributed by atoms with Crippen LogP contribution in [-0.4, -0.2) is 10.9 Å². The maximum atomic E-state index is 12.0. The van der Waals surface area contributed by atoms with Gasteiger partial charge in [0.15, 0.2) is 0 Å². The number of carbonyl (C=O) groups is 1. The first-order chi connectivity index (χ1) is 8.58. The minimum absolute atomic E-state index is 0.209. The molecule has 1 aromatic heterocycles. The largest absolute Gasteiger partial charge is 0.397 e. The highest BCUT2D eigenvalue weighted by Crippen LogP contribution is 2.18. The van der Waals surface area contributed by atoms with E-state index in [1.807, 2.05) is 19.1 Å². The van der Waals surface area contributed by atoms with Crippen LogP contribution in [0.2, 0.25) is 0 Å². The first-order valence-corrected chi connectivity index (χ1v) is 6.15. The number of nitrogen functional groups attached to an aromatic ring is 1. The minimum atomic E-state index is -0.209. The molecule has 0 unspecified atom stereocenters. The van der Waals surface area contributed by atoms with Crippen molar-refractivity contribution in [3.63, 3.8) is 0 Å². The van der Waals surface area contributed by atoms with E-state index < -0.39 is 0 Å². The number of aryl methyl sites for hydroxylation is 1. The third kappa shape index (κ3) is 2.68. The van der Waals surface area contributed by atoms with Gasteiger partial charge in [0, 0.05) is 4.47 Å². The Morgan fingerprint density at radius 3 is 2.78 bits per heavy atom. The number of benzene rings is 1. The second-order valence-corrected chi connectivity index (χ2v) is 4.71. The molecule has 2 rings (SSSR count). The summed E-state index contributed by atoms with van der Waals surface area (Å²) in [5.74, 6) is 0.279. The summed E-state index contributed by atoms with van der Waals surface area (Å²) < 4.78 is 0.745. The van der Waals surface area contributed by atoms with Crippen molar-refractivity contribution in [1.29, 1.82) is 0 Å². The smallest absolute Gasteiger partial charge is 0.257 e. The Labute approximate surface area is 113 Å². The quantitative estimate of drug-likeness (QED) is 0.896. The number of amides is 1. The number of anilines is 2. The number of nitrogens with one attached hydrogen (secondary N) is 1. The summed E-state index contributed by atoms with van der Waals surface area (Å²) in [6, 6.07) is 8.96. The Balaban J connectivity index is 2.22. The molecule has 18 heavy (non-hydrogen) atoms. The highest BCUT2D eigenvalue weighted by molar-refractivity contribution is 9.10. The van der Waals surface area contributed by atoms with Crippen LogP contribution in [0.25, 0.3) is 0 Å². The molecule has 0 atom stereocenters. The molecule has 0 aliphatic rings. The molecule has 0 saturated heterocycles. The fraction of sp³-hybridized carbons (Fsp3) is 0.0769. The molecule has 0 fully saturated rings. The second kappa shape index (κ2) is 5.18. The first kappa shape index (κ1) is 12.6. The SMILES string of the molecule is Cc1cc(NC(=O)c2ccccc2Br)ncc1N. The Morgan fingerprint density at radius 2 is 2.11 bits per heavy atom. The summed E-state index contributed by atoms with van der Waals surface area (Å²) in [4.78, 5) is 16.1. The lowest BCUT2D eigenvalue weighted by atomic mass is 10.2. The lowest BCUT2D eigenvalue weighted by Crippen LogP contribution is -2.13. The van der Waals surface area contributed by atoms with Crippen molar-refractivity contribution >= 4 is 33.3 Å². The van der Waals surface area contributed by atoms with E-state index in [-0.39, 0.29) is 5.91 Å². The van der Waals surface area contributed by atoms with Gasteiger partial charge >= 0.3 is 0 Å². The number of carbonyl (C=O) groups excluding carboxylic acids is 1. The van der Waals surface area contributed by atoms with Crippen LogP contribution in [0.1, 0.15) is 15.9 Å². The highest BCUT2D eigenvalue weighted by Gasteiger charge is 2.10. The van der Waals surface area contributed by atoms with E-state index in [2.05, 4.69) is 26.2 Å². The average Bonchev–Trinajstić information content (AvgIpc) is 2.34. The Morgan fingerprint density at radius 1 is 1.39 bits per heavy atom. The Kier molecular flexibility index (Phi) is 3.62. The summed E-state index contributed by atoms with van der Waals surface area (Å²) in [5, 5.41) is 2.73. The average molecular weight is 306 g/mol. The number of aromatic nitrogens is 1. The van der Waals surface area contributed by atoms with E-state index in [0.717, 1.165) is 10.0 Å². The molecule has 92 valence electrons. The second-order valence-electron chi connectivity index (χ2n) is 3.86. The summed E-state index contributed by atoms with van der Waals surface area (Å²) in [7, 11) is 0. The zero-order valence-electron chi connectivity index (χ0n) is 9.77. The highest BCUT2D eigenvalue weighted by atomic mass is 79.9. The molecule has 0 spiro atoms. The molecule has 0 aliphatic carbocycles. The van der Waals surface area contributed by atoms with Gasteiger partial charge in [0.2, 0.25) is 0 Å². The van der Waals surface area contributed by atoms with E-state index in [1.165, 1.54) is 6.20 Å². The molecule has 3 N–H and O–H groups in total. The van der Waals surface area contributed by atoms with Crippen molar-refractivity contribution in [3.05, 3.63) is 52.1 Å². The van der Waals surface area contributed by atoms with Crippen LogP contribution in [-0.2, 0) is 0 Å². The first-order valence-electron chi connectivity index (χ1n) is 5.36. The van der Waals surface area contributed by atoms with Gasteiger partial charge in [-0.2, -0.15) is 0 Å². The molecule has 5 heteroatoms. The fourth-order valence-corrected chi connectivity index (χ4v) is 1.93. The number of pyridine rings is 1. The molecule has 0 radical (unpaired) electrons. The molecule has 0 bridgehead atoms. The number of hydrogen-bond donors (Lipinski definition) is 2. The van der Waals surface area contributed by atoms with Crippen molar-refractivity contribution in [2.24, 2.45) is 0 Å². The molecular weight excluding hydrogens is 294 g/mol. The van der Waals surface area contributed by atoms with Crippen LogP contribution < -0.4 is 11.1 Å². The summed E-state index contributed by atoms with van der Waals surface area (Å²) >= 11 is 3.34. The van der Waals surface area contributed by atoms with Crippen molar-refractivity contribution < 1.29 is 4.79 Å². The number of halogens is 1. The molecule has 2 aromatic rings. The number of nitrogens with two attached hydrogens (primary N) is 1. The van der Waals surface area contributed by atoms with Gasteiger partial charge in [-0.15, -0.1) is 0 Å². The maximum Gasteiger partial charge on any atom is 0.257 e. The molecule has 1 heterocycles. The van der Waals surface area contributed by atoms with Crippen LogP contribution in [0.5, 0.6) is 0 Å². The predicted octanol–water partition coefficient (Wildman–Crippen LogP) is 2.99. The van der Waals surface area contributed by atoms with Crippen LogP contribution in [0.4, 0.5) is 11.5 Å². The normalized spacial score (nSPS) is 10.1. The third-order valence-electron chi connectivity index (χ3n) is 2.51. The van der Waals surface area contributed by atoms with Gasteiger partial charge in [0.1, 0.15) is 5.82 Å². The van der Waals surface area contributed by atoms with E-state index in [1.54, 1.807) is 18.2 Å². The minimum Gasteiger partial charge on any atom is -0.397 e. The zero-order chi connectivity index (χ0) is 13.1. The standard InChI is InChI=1S/C13H12BrN3O/c1-8-6-12(16-7-11(8)15)17-13(18)9-4-2-3-5-10(9)14/h2-7H,15H2,1H3,(H,16,17,18). The molecule has 1 amide bonds. The van der Waals surface area contributed by atoms with E-state index in [9.17, 15) is 4.79 Å². The van der Waals surface area contributed by atoms with Crippen LogP contribution in [0, 0.1) is 6.92 Å². The topological polar surface area (TPSA) is 68.0 Å². The number of rotatable bonds is 2. The third-order valence-corrected chi connectivity index (χ3v) is 3.20. The zero-order valence-corrected chi connectivity index (χ0v) is 11.4. The maximum absolute atomic E-state index is 12.0. The van der Waals surface area contributed by atoms with Crippen LogP contribution in [0.15, 0.2) is 41.0 Å². The molecule has 0 saturated carbocycles. The van der Waals surface area contributed by atoms with Gasteiger partial charge in [-0.05, 0) is 46.6 Å². The molecule has 1 aromatic carbocycles. The van der Waals surface area contributed by atoms with Crippen LogP contribution >= 0.6 is 15.9 Å². The fourth-order valence-electron chi connectivity index (χ4n) is 1.46. The van der Waals surface area contributed by atoms with Crippen LogP contribution in [0.3, 0.4) is 0 Å². The van der Waals surface area contributed by atoms with Gasteiger partial charge in [0.25, 0.3) is 5.91 Å². The lowest BCUT2D eigenvalue weighted by Gasteiger charge is -2.07. The molecule has 4 nitrogen and oxygen atoms in total. The number of hydrogen-bond acceptors (Lipinski definition) is 3. The van der Waals surface area contributed by atoms with E-state index in [4.69, 9.17) is 5.73 Å². The van der Waals surface area contributed by atoms with Gasteiger partial charge < -0.3 is 11.1 Å². The van der Waals surface area contributed by atoms with Gasteiger partial charge in [-0.3, -0.25) is 4.79 Å². The summed E-state index contributed by atoms with van der Waals surface area (Å²) in [6.07, 6.45) is 1.53. The summed E-state index contributed by atoms with van der Waals surface area (Å²) in [6.45, 7) is 1.87. The monoisotopic (exact) mass is 305 g/mol. The van der Waals surface area contributed by atoms with Crippen molar-refractivity contribution in [3.8, 4) is 0 Å². The van der Waals surface area contributed by atoms with E-state index in [0.29, 0.717) is 17.1 Å². The lowest BCUT2D eigenvalue weighted by molar-refractivity contribution is 0.102. The molecular formula is C13H12BrN3O. The van der Waals surface area contributed by atoms with Crippen molar-refractivity contribution in [2.75, 3.05) is 11.1 Å². The Bertz CT molecular complexity index is 599. The van der Waals surface area contributed by atoms with Gasteiger partial charge in [-0.1, -0.05) is 12.1 Å². The van der Waals surface area contributed by atoms with Crippen molar-refractivity contribution in [1.82, 2.24) is 4.98 Å². The van der Waals surface area contributed by atoms with E-state index >= 15 is 0 Å². The molecule has 0 aliphatic heterocycles. The van der Waals surface area contributed by atoms with Gasteiger partial charge in [-0.25, -0.2) is 4.98 Å². The summed E-state index contributed by atoms with van der Waals surface area (Å²) in [5.41, 5.74) is 7.72. The predicted molar refractivity (Wildman–Crippen MR) is 75.5 cm³/mol. The number of nitrogens with zero attached hydrogens (tertiary/aromatic N) is 1. The van der Waals surface area contributed by atoms with Crippen molar-refractivity contribution in [2.45, 2.75) is 6.92 Å².